The van der Waals surface area contributed by atoms with E-state index in [1.807, 2.05) is 31.2 Å². The highest BCUT2D eigenvalue weighted by Crippen LogP contribution is 2.31. The van der Waals surface area contributed by atoms with Gasteiger partial charge in [0.15, 0.2) is 0 Å². The molecule has 4 heteroatoms. The van der Waals surface area contributed by atoms with Gasteiger partial charge in [-0.1, -0.05) is 41.9 Å². The quantitative estimate of drug-likeness (QED) is 0.404. The first-order chi connectivity index (χ1) is 14.1. The summed E-state index contributed by atoms with van der Waals surface area (Å²) in [7, 11) is 1.66. The van der Waals surface area contributed by atoms with Crippen LogP contribution in [0.25, 0.3) is 10.9 Å². The summed E-state index contributed by atoms with van der Waals surface area (Å²) >= 11 is 5.99. The number of carbonyl (C=O) groups excluding carboxylic acids is 1. The van der Waals surface area contributed by atoms with Gasteiger partial charge in [0.05, 0.1) is 12.6 Å². The molecule has 1 heterocycles. The van der Waals surface area contributed by atoms with Crippen molar-refractivity contribution < 1.29 is 9.53 Å². The Hall–Kier alpha value is -3.04. The topological polar surface area (TPSA) is 31.2 Å². The lowest BCUT2D eigenvalue weighted by atomic mass is 10.0. The Bertz CT molecular complexity index is 1160. The van der Waals surface area contributed by atoms with Gasteiger partial charge in [-0.25, -0.2) is 0 Å². The van der Waals surface area contributed by atoms with Crippen molar-refractivity contribution in [3.8, 4) is 5.75 Å². The SMILES string of the molecule is COc1ccc2c(c1)c(CCc1ccccc1)c(C)n2C(=O)c1ccc(Cl)cc1. The average molecular weight is 404 g/mol. The number of hydrogen-bond donors (Lipinski definition) is 0. The Kier molecular flexibility index (Phi) is 5.41. The Balaban J connectivity index is 1.81. The molecule has 1 aromatic heterocycles. The fraction of sp³-hybridized carbons (Fsp3) is 0.160. The standard InChI is InChI=1S/C25H22ClNO2/c1-17-22(14-8-18-6-4-3-5-7-18)23-16-21(29-2)13-15-24(23)27(17)25(28)19-9-11-20(26)12-10-19/h3-7,9-13,15-16H,8,14H2,1-2H3. The highest BCUT2D eigenvalue weighted by atomic mass is 35.5. The van der Waals surface area contributed by atoms with E-state index >= 15 is 0 Å². The number of rotatable bonds is 5. The number of nitrogens with zero attached hydrogens (tertiary/aromatic N) is 1. The van der Waals surface area contributed by atoms with E-state index in [4.69, 9.17) is 16.3 Å². The summed E-state index contributed by atoms with van der Waals surface area (Å²) in [4.78, 5) is 13.3. The molecule has 0 spiro atoms. The van der Waals surface area contributed by atoms with Crippen molar-refractivity contribution in [2.75, 3.05) is 7.11 Å². The number of methoxy groups -OCH3 is 1. The maximum atomic E-state index is 13.3. The molecule has 0 atom stereocenters. The van der Waals surface area contributed by atoms with E-state index in [-0.39, 0.29) is 5.91 Å². The second-order valence-corrected chi connectivity index (χ2v) is 7.52. The van der Waals surface area contributed by atoms with Crippen LogP contribution in [0.3, 0.4) is 0 Å². The van der Waals surface area contributed by atoms with E-state index in [0.717, 1.165) is 35.2 Å². The van der Waals surface area contributed by atoms with Gasteiger partial charge in [0, 0.05) is 21.7 Å². The molecule has 0 bridgehead atoms. The molecule has 0 radical (unpaired) electrons. The molecule has 0 N–H and O–H groups in total. The van der Waals surface area contributed by atoms with Crippen molar-refractivity contribution in [1.29, 1.82) is 0 Å². The van der Waals surface area contributed by atoms with E-state index in [1.165, 1.54) is 11.1 Å². The Labute approximate surface area is 175 Å². The molecular weight excluding hydrogens is 382 g/mol. The summed E-state index contributed by atoms with van der Waals surface area (Å²) in [5, 5.41) is 1.67. The fourth-order valence-corrected chi connectivity index (χ4v) is 3.93. The minimum atomic E-state index is -0.0553. The van der Waals surface area contributed by atoms with E-state index in [1.54, 1.807) is 35.9 Å². The zero-order chi connectivity index (χ0) is 20.4. The summed E-state index contributed by atoms with van der Waals surface area (Å²) in [6.07, 6.45) is 1.76. The van der Waals surface area contributed by atoms with Gasteiger partial charge in [0.2, 0.25) is 0 Å². The summed E-state index contributed by atoms with van der Waals surface area (Å²) in [5.41, 5.74) is 4.92. The largest absolute Gasteiger partial charge is 0.497 e. The monoisotopic (exact) mass is 403 g/mol. The van der Waals surface area contributed by atoms with Gasteiger partial charge in [-0.05, 0) is 73.4 Å². The molecule has 146 valence electrons. The molecular formula is C25H22ClNO2. The van der Waals surface area contributed by atoms with Gasteiger partial charge < -0.3 is 4.74 Å². The normalized spacial score (nSPS) is 11.0. The van der Waals surface area contributed by atoms with Crippen LogP contribution in [-0.4, -0.2) is 17.6 Å². The van der Waals surface area contributed by atoms with Gasteiger partial charge in [-0.3, -0.25) is 9.36 Å². The lowest BCUT2D eigenvalue weighted by Crippen LogP contribution is -2.13. The van der Waals surface area contributed by atoms with Crippen molar-refractivity contribution in [1.82, 2.24) is 4.57 Å². The smallest absolute Gasteiger partial charge is 0.262 e. The fourth-order valence-electron chi connectivity index (χ4n) is 3.80. The number of halogens is 1. The van der Waals surface area contributed by atoms with Gasteiger partial charge in [0.25, 0.3) is 5.91 Å². The predicted molar refractivity (Wildman–Crippen MR) is 118 cm³/mol. The number of benzene rings is 3. The predicted octanol–water partition coefficient (Wildman–Crippen LogP) is 6.09. The molecule has 0 aliphatic carbocycles. The number of hydrogen-bond acceptors (Lipinski definition) is 2. The lowest BCUT2D eigenvalue weighted by Gasteiger charge is -2.08. The average Bonchev–Trinajstić information content (AvgIpc) is 3.03. The molecule has 4 rings (SSSR count). The van der Waals surface area contributed by atoms with Crippen LogP contribution in [0, 0.1) is 6.92 Å². The molecule has 3 nitrogen and oxygen atoms in total. The maximum absolute atomic E-state index is 13.3. The van der Waals surface area contributed by atoms with Crippen LogP contribution < -0.4 is 4.74 Å². The number of aryl methyl sites for hydroxylation is 2. The van der Waals surface area contributed by atoms with Gasteiger partial charge >= 0.3 is 0 Å². The van der Waals surface area contributed by atoms with Crippen LogP contribution in [0.2, 0.25) is 5.02 Å². The van der Waals surface area contributed by atoms with Crippen LogP contribution in [0.5, 0.6) is 5.75 Å². The van der Waals surface area contributed by atoms with E-state index in [2.05, 4.69) is 24.3 Å². The molecule has 0 aliphatic rings. The number of aromatic nitrogens is 1. The Morgan fingerprint density at radius 3 is 2.38 bits per heavy atom. The third-order valence-corrected chi connectivity index (χ3v) is 5.59. The van der Waals surface area contributed by atoms with Gasteiger partial charge in [0.1, 0.15) is 5.75 Å². The van der Waals surface area contributed by atoms with Crippen LogP contribution in [-0.2, 0) is 12.8 Å². The zero-order valence-electron chi connectivity index (χ0n) is 16.5. The van der Waals surface area contributed by atoms with Crippen molar-refractivity contribution in [2.24, 2.45) is 0 Å². The number of ether oxygens (including phenoxy) is 1. The molecule has 3 aromatic carbocycles. The first-order valence-corrected chi connectivity index (χ1v) is 9.98. The molecule has 0 aliphatic heterocycles. The zero-order valence-corrected chi connectivity index (χ0v) is 17.2. The number of fused-ring (bicyclic) bond motifs is 1. The van der Waals surface area contributed by atoms with Gasteiger partial charge in [-0.2, -0.15) is 0 Å². The molecule has 0 unspecified atom stereocenters. The van der Waals surface area contributed by atoms with E-state index in [0.29, 0.717) is 10.6 Å². The highest BCUT2D eigenvalue weighted by molar-refractivity contribution is 6.30. The first-order valence-electron chi connectivity index (χ1n) is 9.60. The minimum absolute atomic E-state index is 0.0553. The maximum Gasteiger partial charge on any atom is 0.262 e. The van der Waals surface area contributed by atoms with Crippen molar-refractivity contribution >= 4 is 28.4 Å². The third kappa shape index (κ3) is 3.79. The van der Waals surface area contributed by atoms with E-state index < -0.39 is 0 Å². The summed E-state index contributed by atoms with van der Waals surface area (Å²) in [6, 6.07) is 23.3. The molecule has 29 heavy (non-hydrogen) atoms. The van der Waals surface area contributed by atoms with Crippen LogP contribution in [0.1, 0.15) is 27.2 Å². The van der Waals surface area contributed by atoms with Crippen molar-refractivity contribution in [3.05, 3.63) is 100 Å². The summed E-state index contributed by atoms with van der Waals surface area (Å²) < 4.78 is 7.24. The lowest BCUT2D eigenvalue weighted by molar-refractivity contribution is 0.0963. The van der Waals surface area contributed by atoms with Crippen molar-refractivity contribution in [3.63, 3.8) is 0 Å². The second kappa shape index (κ2) is 8.14. The summed E-state index contributed by atoms with van der Waals surface area (Å²) in [5.74, 6) is 0.731. The molecule has 0 saturated heterocycles. The minimum Gasteiger partial charge on any atom is -0.497 e. The first kappa shape index (κ1) is 19.3. The Morgan fingerprint density at radius 1 is 0.966 bits per heavy atom. The second-order valence-electron chi connectivity index (χ2n) is 7.08. The third-order valence-electron chi connectivity index (χ3n) is 5.34. The summed E-state index contributed by atoms with van der Waals surface area (Å²) in [6.45, 7) is 2.01. The molecule has 0 saturated carbocycles. The van der Waals surface area contributed by atoms with Crippen molar-refractivity contribution in [2.45, 2.75) is 19.8 Å². The molecule has 0 amide bonds. The molecule has 0 fully saturated rings. The van der Waals surface area contributed by atoms with Crippen LogP contribution >= 0.6 is 11.6 Å². The van der Waals surface area contributed by atoms with Crippen LogP contribution in [0.15, 0.2) is 72.8 Å². The molecule has 4 aromatic rings. The van der Waals surface area contributed by atoms with Crippen LogP contribution in [0.4, 0.5) is 0 Å². The Morgan fingerprint density at radius 2 is 1.69 bits per heavy atom. The number of carbonyl (C=O) groups is 1. The highest BCUT2D eigenvalue weighted by Gasteiger charge is 2.20. The van der Waals surface area contributed by atoms with Gasteiger partial charge in [-0.15, -0.1) is 0 Å². The van der Waals surface area contributed by atoms with E-state index in [9.17, 15) is 4.79 Å².